The summed E-state index contributed by atoms with van der Waals surface area (Å²) >= 11 is 0. The number of amides is 2. The third-order valence-corrected chi connectivity index (χ3v) is 6.41. The second-order valence-corrected chi connectivity index (χ2v) is 8.29. The van der Waals surface area contributed by atoms with Crippen molar-refractivity contribution < 1.29 is 18.4 Å². The first-order chi connectivity index (χ1) is 15.5. The van der Waals surface area contributed by atoms with Crippen LogP contribution < -0.4 is 0 Å². The zero-order valence-corrected chi connectivity index (χ0v) is 18.3. The number of furan rings is 1. The summed E-state index contributed by atoms with van der Waals surface area (Å²) < 4.78 is 19.8. The fourth-order valence-electron chi connectivity index (χ4n) is 4.49. The number of hydrogen-bond acceptors (Lipinski definition) is 4. The highest BCUT2D eigenvalue weighted by atomic mass is 19.1. The van der Waals surface area contributed by atoms with Crippen LogP contribution in [0.5, 0.6) is 0 Å². The summed E-state index contributed by atoms with van der Waals surface area (Å²) in [4.78, 5) is 29.4. The van der Waals surface area contributed by atoms with E-state index in [9.17, 15) is 14.0 Å². The van der Waals surface area contributed by atoms with Crippen molar-refractivity contribution >= 4 is 11.8 Å². The minimum Gasteiger partial charge on any atom is -0.469 e. The Labute approximate surface area is 186 Å². The number of aryl methyl sites for hydroxylation is 1. The molecule has 1 aliphatic rings. The van der Waals surface area contributed by atoms with Gasteiger partial charge < -0.3 is 14.2 Å². The maximum atomic E-state index is 14.5. The highest BCUT2D eigenvalue weighted by Crippen LogP contribution is 2.29. The highest BCUT2D eigenvalue weighted by molar-refractivity contribution is 5.95. The van der Waals surface area contributed by atoms with Gasteiger partial charge in [-0.25, -0.2) is 4.39 Å². The Hall–Kier alpha value is -3.42. The van der Waals surface area contributed by atoms with Gasteiger partial charge >= 0.3 is 0 Å². The molecule has 0 saturated carbocycles. The molecular weight excluding hydrogens is 411 g/mol. The summed E-state index contributed by atoms with van der Waals surface area (Å²) in [5, 5.41) is 6.52. The van der Waals surface area contributed by atoms with E-state index in [1.807, 2.05) is 11.0 Å². The number of nitrogens with one attached hydrogen (secondary N) is 1. The predicted octanol–water partition coefficient (Wildman–Crippen LogP) is 3.69. The van der Waals surface area contributed by atoms with Gasteiger partial charge in [-0.1, -0.05) is 18.2 Å². The normalized spacial score (nSPS) is 15.5. The number of likely N-dealkylation sites (N-methyl/N-ethyl adjacent to an activating group) is 1. The highest BCUT2D eigenvalue weighted by Gasteiger charge is 2.34. The molecule has 1 fully saturated rings. The third-order valence-electron chi connectivity index (χ3n) is 6.41. The molecule has 1 unspecified atom stereocenters. The number of halogens is 1. The van der Waals surface area contributed by atoms with Crippen LogP contribution in [0.15, 0.2) is 53.4 Å². The van der Waals surface area contributed by atoms with Crippen molar-refractivity contribution in [3.63, 3.8) is 0 Å². The van der Waals surface area contributed by atoms with Crippen LogP contribution in [0.4, 0.5) is 4.39 Å². The average molecular weight is 439 g/mol. The number of aromatic amines is 1. The number of carbonyl (C=O) groups is 2. The molecule has 0 spiro atoms. The number of benzene rings is 1. The third kappa shape index (κ3) is 4.44. The van der Waals surface area contributed by atoms with E-state index in [1.54, 1.807) is 43.3 Å². The minimum atomic E-state index is -0.273. The summed E-state index contributed by atoms with van der Waals surface area (Å²) in [6.07, 6.45) is 6.48. The largest absolute Gasteiger partial charge is 0.469 e. The van der Waals surface area contributed by atoms with E-state index in [2.05, 4.69) is 10.2 Å². The molecule has 32 heavy (non-hydrogen) atoms. The molecule has 4 rings (SSSR count). The lowest BCUT2D eigenvalue weighted by Gasteiger charge is -2.40. The van der Waals surface area contributed by atoms with Crippen LogP contribution in [0.25, 0.3) is 0 Å². The van der Waals surface area contributed by atoms with Crippen LogP contribution >= 0.6 is 0 Å². The van der Waals surface area contributed by atoms with Crippen LogP contribution in [-0.2, 0) is 6.42 Å². The molecule has 3 aromatic rings. The van der Waals surface area contributed by atoms with Gasteiger partial charge in [-0.15, -0.1) is 0 Å². The number of carbonyl (C=O) groups excluding carboxylic acids is 2. The van der Waals surface area contributed by atoms with Crippen molar-refractivity contribution in [2.24, 2.45) is 5.92 Å². The number of rotatable bonds is 6. The predicted molar refractivity (Wildman–Crippen MR) is 117 cm³/mol. The first-order valence-electron chi connectivity index (χ1n) is 10.8. The topological polar surface area (TPSA) is 82.4 Å². The van der Waals surface area contributed by atoms with E-state index in [0.29, 0.717) is 42.0 Å². The SMILES string of the molecule is Cc1occc1C(=O)N(C)C(Cc1ccccc1F)C1CCN(C(=O)c2cn[nH]c2)CC1. The van der Waals surface area contributed by atoms with E-state index >= 15 is 0 Å². The van der Waals surface area contributed by atoms with Gasteiger partial charge in [-0.05, 0) is 49.8 Å². The van der Waals surface area contributed by atoms with Crippen molar-refractivity contribution in [1.29, 1.82) is 0 Å². The van der Waals surface area contributed by atoms with E-state index in [1.165, 1.54) is 18.5 Å². The summed E-state index contributed by atoms with van der Waals surface area (Å²) in [5.74, 6) is 0.220. The Morgan fingerprint density at radius 1 is 1.28 bits per heavy atom. The number of hydrogen-bond donors (Lipinski definition) is 1. The molecule has 1 atom stereocenters. The van der Waals surface area contributed by atoms with Gasteiger partial charge in [0.25, 0.3) is 11.8 Å². The number of likely N-dealkylation sites (tertiary alicyclic amines) is 1. The lowest BCUT2D eigenvalue weighted by Crippen LogP contribution is -2.48. The zero-order valence-electron chi connectivity index (χ0n) is 18.3. The first kappa shape index (κ1) is 21.8. The number of aromatic nitrogens is 2. The molecule has 0 aliphatic carbocycles. The van der Waals surface area contributed by atoms with Crippen molar-refractivity contribution in [3.8, 4) is 0 Å². The molecule has 3 heterocycles. The summed E-state index contributed by atoms with van der Waals surface area (Å²) in [5.41, 5.74) is 1.63. The first-order valence-corrected chi connectivity index (χ1v) is 10.8. The molecule has 168 valence electrons. The maximum Gasteiger partial charge on any atom is 0.257 e. The molecule has 0 bridgehead atoms. The Morgan fingerprint density at radius 2 is 2.03 bits per heavy atom. The molecule has 7 nitrogen and oxygen atoms in total. The molecule has 8 heteroatoms. The van der Waals surface area contributed by atoms with Crippen LogP contribution in [-0.4, -0.2) is 58.0 Å². The van der Waals surface area contributed by atoms with Gasteiger partial charge in [0.05, 0.1) is 23.6 Å². The monoisotopic (exact) mass is 438 g/mol. The Bertz CT molecular complexity index is 1070. The quantitative estimate of drug-likeness (QED) is 0.636. The van der Waals surface area contributed by atoms with Crippen LogP contribution in [0, 0.1) is 18.7 Å². The second-order valence-electron chi connectivity index (χ2n) is 8.29. The standard InChI is InChI=1S/C24H27FN4O3/c1-16-20(9-12-32-16)24(31)28(2)22(13-18-5-3-4-6-21(18)25)17-7-10-29(11-8-17)23(30)19-14-26-27-15-19/h3-6,9,12,14-15,17,22H,7-8,10-11,13H2,1-2H3,(H,26,27). The van der Waals surface area contributed by atoms with E-state index < -0.39 is 0 Å². The van der Waals surface area contributed by atoms with Crippen molar-refractivity contribution in [2.45, 2.75) is 32.2 Å². The molecule has 0 radical (unpaired) electrons. The molecule has 1 aliphatic heterocycles. The Morgan fingerprint density at radius 3 is 2.66 bits per heavy atom. The van der Waals surface area contributed by atoms with E-state index in [0.717, 1.165) is 12.8 Å². The van der Waals surface area contributed by atoms with Crippen molar-refractivity contribution in [2.75, 3.05) is 20.1 Å². The van der Waals surface area contributed by atoms with Crippen LogP contribution in [0.1, 0.15) is 44.9 Å². The summed E-state index contributed by atoms with van der Waals surface area (Å²) in [6, 6.07) is 8.14. The number of nitrogens with zero attached hydrogens (tertiary/aromatic N) is 3. The van der Waals surface area contributed by atoms with Gasteiger partial charge in [0.2, 0.25) is 0 Å². The summed E-state index contributed by atoms with van der Waals surface area (Å²) in [6.45, 7) is 2.91. The smallest absolute Gasteiger partial charge is 0.257 e. The number of piperidine rings is 1. The van der Waals surface area contributed by atoms with Crippen molar-refractivity contribution in [1.82, 2.24) is 20.0 Å². The van der Waals surface area contributed by atoms with Crippen LogP contribution in [0.3, 0.4) is 0 Å². The number of H-pyrrole nitrogens is 1. The summed E-state index contributed by atoms with van der Waals surface area (Å²) in [7, 11) is 1.77. The molecular formula is C24H27FN4O3. The fraction of sp³-hybridized carbons (Fsp3) is 0.375. The molecule has 1 saturated heterocycles. The average Bonchev–Trinajstić information content (AvgIpc) is 3.49. The lowest BCUT2D eigenvalue weighted by molar-refractivity contribution is 0.0520. The lowest BCUT2D eigenvalue weighted by atomic mass is 9.84. The van der Waals surface area contributed by atoms with E-state index in [4.69, 9.17) is 4.42 Å². The molecule has 2 amide bonds. The minimum absolute atomic E-state index is 0.0543. The Balaban J connectivity index is 1.53. The van der Waals surface area contributed by atoms with Gasteiger partial charge in [-0.2, -0.15) is 5.10 Å². The van der Waals surface area contributed by atoms with E-state index in [-0.39, 0.29) is 29.6 Å². The van der Waals surface area contributed by atoms with Gasteiger partial charge in [0.1, 0.15) is 11.6 Å². The molecule has 2 aromatic heterocycles. The fourth-order valence-corrected chi connectivity index (χ4v) is 4.49. The maximum absolute atomic E-state index is 14.5. The second kappa shape index (κ2) is 9.38. The Kier molecular flexibility index (Phi) is 6.39. The van der Waals surface area contributed by atoms with Crippen LogP contribution in [0.2, 0.25) is 0 Å². The van der Waals surface area contributed by atoms with Gasteiger partial charge in [0, 0.05) is 32.4 Å². The van der Waals surface area contributed by atoms with Gasteiger partial charge in [-0.3, -0.25) is 14.7 Å². The molecule has 1 aromatic carbocycles. The van der Waals surface area contributed by atoms with Gasteiger partial charge in [0.15, 0.2) is 0 Å². The molecule has 1 N–H and O–H groups in total. The zero-order chi connectivity index (χ0) is 22.7. The van der Waals surface area contributed by atoms with Crippen molar-refractivity contribution in [3.05, 3.63) is 77.3 Å².